The molecule has 0 radical (unpaired) electrons. The molecular weight excluding hydrogens is 156 g/mol. The van der Waals surface area contributed by atoms with E-state index in [9.17, 15) is 10.4 Å². The Labute approximate surface area is 68.8 Å². The van der Waals surface area contributed by atoms with E-state index in [4.69, 9.17) is 0 Å². The van der Waals surface area contributed by atoms with E-state index in [1.807, 2.05) is 0 Å². The Kier molecular flexibility index (Phi) is 1.33. The van der Waals surface area contributed by atoms with Gasteiger partial charge in [0, 0.05) is 0 Å². The Bertz CT molecular complexity index is 351. The van der Waals surface area contributed by atoms with Gasteiger partial charge >= 0.3 is 0 Å². The number of nitrogens with zero attached hydrogens (tertiary/aromatic N) is 2. The molecule has 2 aromatic rings. The monoisotopic (exact) mass is 162 g/mol. The summed E-state index contributed by atoms with van der Waals surface area (Å²) in [5.74, 6) is 0. The van der Waals surface area contributed by atoms with Crippen molar-refractivity contribution in [2.45, 2.75) is 0 Å². The second-order valence-corrected chi connectivity index (χ2v) is 2.44. The molecule has 12 heavy (non-hydrogen) atoms. The summed E-state index contributed by atoms with van der Waals surface area (Å²) in [7, 11) is 0. The highest BCUT2D eigenvalue weighted by Crippen LogP contribution is 2.18. The van der Waals surface area contributed by atoms with E-state index < -0.39 is 0 Å². The molecule has 0 saturated carbocycles. The van der Waals surface area contributed by atoms with E-state index in [0.717, 1.165) is 0 Å². The fraction of sp³-hybridized carbons (Fsp3) is 0. The van der Waals surface area contributed by atoms with Gasteiger partial charge in [-0.1, -0.05) is 0 Å². The van der Waals surface area contributed by atoms with Gasteiger partial charge < -0.3 is 19.9 Å². The lowest BCUT2D eigenvalue weighted by atomic mass is 10.3. The van der Waals surface area contributed by atoms with Gasteiger partial charge in [-0.2, -0.15) is 0 Å². The molecule has 0 bridgehead atoms. The van der Waals surface area contributed by atoms with Gasteiger partial charge in [0.05, 0.1) is 11.4 Å². The second-order valence-electron chi connectivity index (χ2n) is 2.44. The number of hydrogen-bond acceptors (Lipinski definition) is 2. The van der Waals surface area contributed by atoms with Gasteiger partial charge in [0.1, 0.15) is 0 Å². The fourth-order valence-corrected chi connectivity index (χ4v) is 1.13. The summed E-state index contributed by atoms with van der Waals surface area (Å²) in [5, 5.41) is 22.1. The van der Waals surface area contributed by atoms with Crippen molar-refractivity contribution in [2.75, 3.05) is 0 Å². The van der Waals surface area contributed by atoms with Crippen molar-refractivity contribution in [1.82, 2.24) is 9.46 Å². The first-order chi connectivity index (χ1) is 5.79. The second kappa shape index (κ2) is 2.34. The third-order valence-electron chi connectivity index (χ3n) is 1.69. The van der Waals surface area contributed by atoms with Crippen molar-refractivity contribution >= 4 is 0 Å². The Morgan fingerprint density at radius 2 is 1.25 bits per heavy atom. The standard InChI is InChI=1S/C8H6N2O2/c11-9-5-1-3-7(9)8-4-2-6-10(8)12/h1-6H/q-2. The van der Waals surface area contributed by atoms with Gasteiger partial charge in [-0.25, -0.2) is 0 Å². The molecule has 0 aliphatic heterocycles. The van der Waals surface area contributed by atoms with Gasteiger partial charge in [0.25, 0.3) is 0 Å². The van der Waals surface area contributed by atoms with Crippen molar-refractivity contribution in [3.63, 3.8) is 0 Å². The molecule has 0 saturated heterocycles. The zero-order chi connectivity index (χ0) is 8.55. The molecule has 0 spiro atoms. The minimum Gasteiger partial charge on any atom is -0.805 e. The SMILES string of the molecule is [O-]n1cccc1-c1cccn1[O-]. The maximum Gasteiger partial charge on any atom is 0.0597 e. The predicted octanol–water partition coefficient (Wildman–Crippen LogP) is 1.65. The Morgan fingerprint density at radius 3 is 1.50 bits per heavy atom. The van der Waals surface area contributed by atoms with Crippen molar-refractivity contribution in [3.8, 4) is 11.4 Å². The molecule has 0 aliphatic carbocycles. The largest absolute Gasteiger partial charge is 0.805 e. The normalized spacial score (nSPS) is 10.3. The van der Waals surface area contributed by atoms with E-state index >= 15 is 0 Å². The first-order valence-corrected chi connectivity index (χ1v) is 3.49. The highest BCUT2D eigenvalue weighted by molar-refractivity contribution is 5.57. The Morgan fingerprint density at radius 1 is 0.833 bits per heavy atom. The van der Waals surface area contributed by atoms with E-state index in [-0.39, 0.29) is 0 Å². The molecule has 0 aliphatic rings. The van der Waals surface area contributed by atoms with E-state index in [1.54, 1.807) is 24.3 Å². The Hall–Kier alpha value is -1.84. The average Bonchev–Trinajstić information content (AvgIpc) is 2.59. The van der Waals surface area contributed by atoms with Gasteiger partial charge in [-0.3, -0.25) is 0 Å². The molecule has 0 amide bonds. The lowest BCUT2D eigenvalue weighted by Crippen LogP contribution is -1.92. The van der Waals surface area contributed by atoms with Crippen LogP contribution >= 0.6 is 0 Å². The first kappa shape index (κ1) is 6.84. The van der Waals surface area contributed by atoms with Crippen LogP contribution in [0, 0.1) is 10.4 Å². The quantitative estimate of drug-likeness (QED) is 0.640. The van der Waals surface area contributed by atoms with Gasteiger partial charge in [-0.15, -0.1) is 0 Å². The molecule has 0 N–H and O–H groups in total. The molecule has 0 unspecified atom stereocenters. The van der Waals surface area contributed by atoms with Crippen LogP contribution in [0.1, 0.15) is 0 Å². The van der Waals surface area contributed by atoms with Crippen molar-refractivity contribution in [1.29, 1.82) is 0 Å². The van der Waals surface area contributed by atoms with E-state index in [2.05, 4.69) is 0 Å². The van der Waals surface area contributed by atoms with Crippen LogP contribution in [0.15, 0.2) is 36.7 Å². The summed E-state index contributed by atoms with van der Waals surface area (Å²) in [6.45, 7) is 0. The topological polar surface area (TPSA) is 56.0 Å². The zero-order valence-electron chi connectivity index (χ0n) is 6.18. The summed E-state index contributed by atoms with van der Waals surface area (Å²) in [6.07, 6.45) is 2.73. The molecule has 4 heteroatoms. The lowest BCUT2D eigenvalue weighted by Gasteiger charge is -2.16. The smallest absolute Gasteiger partial charge is 0.0597 e. The fourth-order valence-electron chi connectivity index (χ4n) is 1.13. The van der Waals surface area contributed by atoms with Crippen molar-refractivity contribution in [3.05, 3.63) is 47.1 Å². The molecule has 2 heterocycles. The zero-order valence-corrected chi connectivity index (χ0v) is 6.18. The molecule has 4 nitrogen and oxygen atoms in total. The third kappa shape index (κ3) is 0.852. The summed E-state index contributed by atoms with van der Waals surface area (Å²) >= 11 is 0. The summed E-state index contributed by atoms with van der Waals surface area (Å²) < 4.78 is 1.34. The molecule has 2 aromatic heterocycles. The maximum atomic E-state index is 11.0. The summed E-state index contributed by atoms with van der Waals surface area (Å²) in [5.41, 5.74) is 0.769. The average molecular weight is 162 g/mol. The van der Waals surface area contributed by atoms with Crippen LogP contribution in [0.3, 0.4) is 0 Å². The van der Waals surface area contributed by atoms with Crippen LogP contribution < -0.4 is 0 Å². The third-order valence-corrected chi connectivity index (χ3v) is 1.69. The molecular formula is C8H6N2O2-2. The minimum absolute atomic E-state index is 0.384. The number of aromatic nitrogens is 2. The van der Waals surface area contributed by atoms with Gasteiger partial charge in [0.2, 0.25) is 0 Å². The molecule has 62 valence electrons. The molecule has 0 atom stereocenters. The molecule has 0 fully saturated rings. The van der Waals surface area contributed by atoms with Crippen LogP contribution in [-0.4, -0.2) is 9.46 Å². The lowest BCUT2D eigenvalue weighted by molar-refractivity contribution is 1.05. The highest BCUT2D eigenvalue weighted by Gasteiger charge is 1.99. The van der Waals surface area contributed by atoms with Gasteiger partial charge in [0.15, 0.2) is 0 Å². The summed E-state index contributed by atoms with van der Waals surface area (Å²) in [6, 6.07) is 6.43. The predicted molar refractivity (Wildman–Crippen MR) is 45.4 cm³/mol. The molecule has 2 rings (SSSR count). The van der Waals surface area contributed by atoms with Crippen LogP contribution in [0.2, 0.25) is 0 Å². The molecule has 0 aromatic carbocycles. The van der Waals surface area contributed by atoms with Gasteiger partial charge in [-0.05, 0) is 36.7 Å². The van der Waals surface area contributed by atoms with Crippen LogP contribution in [0.4, 0.5) is 0 Å². The van der Waals surface area contributed by atoms with Crippen LogP contribution in [0.5, 0.6) is 0 Å². The minimum atomic E-state index is 0.384. The van der Waals surface area contributed by atoms with E-state index in [1.165, 1.54) is 12.4 Å². The van der Waals surface area contributed by atoms with Crippen molar-refractivity contribution in [2.24, 2.45) is 0 Å². The van der Waals surface area contributed by atoms with E-state index in [0.29, 0.717) is 20.8 Å². The maximum absolute atomic E-state index is 11.0. The number of rotatable bonds is 1. The first-order valence-electron chi connectivity index (χ1n) is 3.49. The number of hydrogen-bond donors (Lipinski definition) is 0. The summed E-state index contributed by atoms with van der Waals surface area (Å²) in [4.78, 5) is 0. The highest BCUT2D eigenvalue weighted by atomic mass is 16.5. The van der Waals surface area contributed by atoms with Crippen LogP contribution in [-0.2, 0) is 0 Å². The van der Waals surface area contributed by atoms with Crippen molar-refractivity contribution < 1.29 is 0 Å². The van der Waals surface area contributed by atoms with Crippen LogP contribution in [0.25, 0.3) is 11.4 Å². The Balaban J connectivity index is 2.57.